The van der Waals surface area contributed by atoms with Crippen molar-refractivity contribution < 1.29 is 58.2 Å². The fourth-order valence-electron chi connectivity index (χ4n) is 2.66. The van der Waals surface area contributed by atoms with Crippen molar-refractivity contribution in [2.45, 2.75) is 52.9 Å². The predicted octanol–water partition coefficient (Wildman–Crippen LogP) is 7.43. The summed E-state index contributed by atoms with van der Waals surface area (Å²) in [5.74, 6) is -4.91. The number of carboxylic acids is 1. The Labute approximate surface area is 283 Å². The van der Waals surface area contributed by atoms with Crippen LogP contribution < -0.4 is 9.47 Å². The summed E-state index contributed by atoms with van der Waals surface area (Å²) in [5, 5.41) is 26.0. The zero-order valence-electron chi connectivity index (χ0n) is 46.2. The fourth-order valence-corrected chi connectivity index (χ4v) is 3.06. The van der Waals surface area contributed by atoms with Gasteiger partial charge in [-0.15, -0.1) is 0 Å². The quantitative estimate of drug-likeness (QED) is 0.207. The monoisotopic (exact) mass is 642 g/mol. The van der Waals surface area contributed by atoms with E-state index in [-0.39, 0.29) is 0 Å². The average Bonchev–Trinajstić information content (AvgIpc) is 3.67. The number of nitrogens with zero attached hydrogens (tertiary/aromatic N) is 4. The molecule has 1 N–H and O–H groups in total. The van der Waals surface area contributed by atoms with Crippen LogP contribution in [0.3, 0.4) is 0 Å². The smallest absolute Gasteiger partial charge is 0.335 e. The third kappa shape index (κ3) is 7.93. The molecular formula is C31H29BrN4O5. The molecule has 0 aliphatic heterocycles. The van der Waals surface area contributed by atoms with E-state index < -0.39 is 167 Å². The van der Waals surface area contributed by atoms with E-state index in [1.807, 2.05) is 0 Å². The number of rotatable bonds is 8. The Morgan fingerprint density at radius 2 is 1.85 bits per heavy atom. The van der Waals surface area contributed by atoms with Gasteiger partial charge in [0.1, 0.15) is 23.6 Å². The Balaban J connectivity index is 0.000000435. The van der Waals surface area contributed by atoms with Crippen molar-refractivity contribution in [1.82, 2.24) is 10.1 Å². The Morgan fingerprint density at radius 1 is 1.15 bits per heavy atom. The molecule has 0 saturated heterocycles. The number of nitriles is 2. The first-order valence-corrected chi connectivity index (χ1v) is 11.2. The molecule has 0 aliphatic rings. The summed E-state index contributed by atoms with van der Waals surface area (Å²) in [6.07, 6.45) is -9.53. The van der Waals surface area contributed by atoms with Crippen LogP contribution in [-0.2, 0) is 6.37 Å². The Hall–Kier alpha value is -4.67. The molecule has 1 atom stereocenters. The van der Waals surface area contributed by atoms with Crippen molar-refractivity contribution in [3.63, 3.8) is 0 Å². The minimum absolute atomic E-state index is 0.507. The average molecular weight is 644 g/mol. The number of aromatic carboxylic acids is 1. The first kappa shape index (κ1) is 11.0. The maximum Gasteiger partial charge on any atom is 0.335 e. The molecule has 41 heavy (non-hydrogen) atoms. The van der Waals surface area contributed by atoms with Crippen molar-refractivity contribution in [3.8, 4) is 46.5 Å². The van der Waals surface area contributed by atoms with Gasteiger partial charge >= 0.3 is 5.97 Å². The largest absolute Gasteiger partial charge is 0.490 e. The van der Waals surface area contributed by atoms with Gasteiger partial charge in [-0.2, -0.15) is 15.5 Å². The fraction of sp³-hybridized carbons (Fsp3) is 0.258. The minimum atomic E-state index is -3.73. The summed E-state index contributed by atoms with van der Waals surface area (Å²) in [4.78, 5) is 15.3. The van der Waals surface area contributed by atoms with Gasteiger partial charge in [0.2, 0.25) is 5.82 Å². The molecule has 0 radical (unpaired) electrons. The van der Waals surface area contributed by atoms with Gasteiger partial charge in [0.15, 0.2) is 0 Å². The molecule has 0 spiro atoms. The molecule has 3 aromatic carbocycles. The van der Waals surface area contributed by atoms with Crippen molar-refractivity contribution in [2.75, 3.05) is 0 Å². The van der Waals surface area contributed by atoms with Gasteiger partial charge in [-0.25, -0.2) is 4.79 Å². The van der Waals surface area contributed by atoms with Crippen molar-refractivity contribution in [1.29, 1.82) is 12.0 Å². The third-order valence-corrected chi connectivity index (χ3v) is 4.86. The molecule has 0 saturated carbocycles. The SMILES string of the molecule is [2H]OC(=O)c1c([2H])c([2H])c(OC([2H])(C)C([2H])([2H])[2H])c(C#N)c1[2H].[2H]c1c([2H])c(Br)c(C([2H])([2H])C([2H])([2H])[2H])c(-c2noc(-c3c([2H])c([2H])c(OC([2H])(C([2H])([2H])[2H])C([2H])([2H])[2H])c(C#N)c3[2H])n2)c1[2H]. The minimum Gasteiger partial charge on any atom is -0.490 e. The van der Waals surface area contributed by atoms with Gasteiger partial charge in [0, 0.05) is 34.8 Å². The van der Waals surface area contributed by atoms with Crippen LogP contribution in [-0.4, -0.2) is 33.4 Å². The molecule has 0 amide bonds. The number of carboxylic acid groups (broad SMARTS) is 1. The molecular weight excluding hydrogens is 588 g/mol. The third-order valence-electron chi connectivity index (χ3n) is 4.26. The summed E-state index contributed by atoms with van der Waals surface area (Å²) in [6, 6.07) is -5.25. The van der Waals surface area contributed by atoms with Gasteiger partial charge in [-0.3, -0.25) is 0 Å². The van der Waals surface area contributed by atoms with Gasteiger partial charge in [-0.05, 0) is 81.7 Å². The summed E-state index contributed by atoms with van der Waals surface area (Å²) in [7, 11) is 0. The van der Waals surface area contributed by atoms with E-state index in [1.165, 1.54) is 12.1 Å². The predicted molar refractivity (Wildman–Crippen MR) is 157 cm³/mol. The van der Waals surface area contributed by atoms with Gasteiger partial charge in [-0.1, -0.05) is 40.0 Å². The molecule has 1 aromatic heterocycles. The zero-order chi connectivity index (χ0) is 52.3. The molecule has 1 unspecified atom stereocenters. The number of carbonyl (C=O) groups is 1. The Kier molecular flexibility index (Phi) is 3.77. The Bertz CT molecular complexity index is 2700. The van der Waals surface area contributed by atoms with Crippen LogP contribution >= 0.6 is 15.9 Å². The topological polar surface area (TPSA) is 142 Å². The maximum absolute atomic E-state index is 11.4. The number of halogens is 1. The second-order valence-electron chi connectivity index (χ2n) is 7.00. The highest BCUT2D eigenvalue weighted by molar-refractivity contribution is 9.10. The molecule has 0 aliphatic carbocycles. The van der Waals surface area contributed by atoms with E-state index in [0.29, 0.717) is 0 Å². The molecule has 0 bridgehead atoms. The van der Waals surface area contributed by atoms with Gasteiger partial charge < -0.3 is 19.1 Å². The first-order chi connectivity index (χ1) is 30.1. The highest BCUT2D eigenvalue weighted by atomic mass is 79.9. The second-order valence-corrected chi connectivity index (χ2v) is 7.79. The summed E-state index contributed by atoms with van der Waals surface area (Å²) >= 11 is 2.91. The van der Waals surface area contributed by atoms with E-state index in [0.717, 1.165) is 6.92 Å². The summed E-state index contributed by atoms with van der Waals surface area (Å²) in [6.45, 7) is -12.7. The van der Waals surface area contributed by atoms with Crippen LogP contribution in [0.25, 0.3) is 24.3 Å². The van der Waals surface area contributed by atoms with Crippen LogP contribution in [0.4, 0.5) is 0 Å². The van der Waals surface area contributed by atoms with Crippen LogP contribution in [0.5, 0.6) is 11.5 Å². The van der Waals surface area contributed by atoms with Crippen LogP contribution in [0.1, 0.15) is 95.6 Å². The van der Waals surface area contributed by atoms with Crippen molar-refractivity contribution in [3.05, 3.63) is 81.1 Å². The van der Waals surface area contributed by atoms with Crippen LogP contribution in [0.2, 0.25) is 0 Å². The molecule has 4 aromatic rings. The zero-order valence-corrected chi connectivity index (χ0v) is 21.8. The van der Waals surface area contributed by atoms with Crippen molar-refractivity contribution >= 4 is 21.9 Å². The van der Waals surface area contributed by atoms with Gasteiger partial charge in [0.05, 0.1) is 43.9 Å². The molecule has 0 fully saturated rings. The molecule has 4 rings (SSSR count). The lowest BCUT2D eigenvalue weighted by atomic mass is 10.0. The lowest BCUT2D eigenvalue weighted by molar-refractivity contribution is 0.0696. The Morgan fingerprint density at radius 3 is 2.54 bits per heavy atom. The molecule has 210 valence electrons. The number of hydrogen-bond donors (Lipinski definition) is 1. The first-order valence-electron chi connectivity index (χ1n) is 23.3. The number of aromatic nitrogens is 2. The van der Waals surface area contributed by atoms with E-state index in [4.69, 9.17) is 55.0 Å². The highest BCUT2D eigenvalue weighted by Gasteiger charge is 2.16. The number of benzene rings is 3. The molecule has 10 heteroatoms. The van der Waals surface area contributed by atoms with Crippen molar-refractivity contribution in [2.24, 2.45) is 0 Å². The highest BCUT2D eigenvalue weighted by Crippen LogP contribution is 2.31. The normalized spacial score (nSPS) is 22.7. The van der Waals surface area contributed by atoms with E-state index in [2.05, 4.69) is 31.2 Å². The summed E-state index contributed by atoms with van der Waals surface area (Å²) < 4.78 is 215. The lowest BCUT2D eigenvalue weighted by Crippen LogP contribution is -2.07. The van der Waals surface area contributed by atoms with Crippen LogP contribution in [0, 0.1) is 22.7 Å². The van der Waals surface area contributed by atoms with E-state index in [9.17, 15) is 10.1 Å². The maximum atomic E-state index is 11.4. The molecule has 1 heterocycles. The summed E-state index contributed by atoms with van der Waals surface area (Å²) in [5.41, 5.74) is -4.75. The second kappa shape index (κ2) is 14.1. The number of ether oxygens (including phenoxy) is 2. The standard InChI is InChI=1S/C20H18BrN3O2.C11H11NO3/c1-4-15-16(6-5-7-17(15)21)19-23-20(26-24-19)13-8-9-18(25-12(2)3)14(10-13)11-22;1-7(2)15-10-4-3-8(11(13)14)5-9(10)6-12/h5-10,12H,4H2,1-3H3;3-5,7H,1-2H3,(H,13,14)/i1D3,2D3,3D3,4D2,5D,6D,7D,8D,9D,10D,12D;1D3,3D,4D,5D,7D/hD. The van der Waals surface area contributed by atoms with Gasteiger partial charge in [0.25, 0.3) is 7.32 Å². The molecule has 9 nitrogen and oxygen atoms in total. The number of hydrogen-bond acceptors (Lipinski definition) is 9. The van der Waals surface area contributed by atoms with Crippen LogP contribution in [0.15, 0.2) is 63.4 Å². The van der Waals surface area contributed by atoms with E-state index >= 15 is 0 Å². The lowest BCUT2D eigenvalue weighted by Gasteiger charge is -2.11. The van der Waals surface area contributed by atoms with E-state index in [1.54, 1.807) is 0 Å².